The highest BCUT2D eigenvalue weighted by molar-refractivity contribution is 14.1. The molecule has 6 nitrogen and oxygen atoms in total. The molecule has 2 aliphatic rings. The average molecular weight is 1390 g/mol. The minimum atomic E-state index is -1.79. The van der Waals surface area contributed by atoms with Gasteiger partial charge in [0.25, 0.3) is 0 Å². The Bertz CT molecular complexity index is 4400. The smallest absolute Gasteiger partial charge is 0.423 e. The minimum absolute atomic E-state index is 0.113. The molecular formula is C65H32BBr3ClF4IN4O2. The van der Waals surface area contributed by atoms with E-state index in [4.69, 9.17) is 28.1 Å². The van der Waals surface area contributed by atoms with E-state index in [1.165, 1.54) is 43.2 Å². The van der Waals surface area contributed by atoms with Crippen LogP contribution in [0, 0.1) is 158 Å². The van der Waals surface area contributed by atoms with E-state index in [0.717, 1.165) is 55.0 Å². The normalized spacial score (nSPS) is 10.7. The molecule has 390 valence electrons. The summed E-state index contributed by atoms with van der Waals surface area (Å²) in [5, 5.41) is 21.9. The van der Waals surface area contributed by atoms with Gasteiger partial charge in [-0.1, -0.05) is 41.8 Å². The second kappa shape index (κ2) is 32.2. The Morgan fingerprint density at radius 3 is 1.19 bits per heavy atom. The Labute approximate surface area is 510 Å². The summed E-state index contributed by atoms with van der Waals surface area (Å²) >= 11 is 17.2. The number of pyridine rings is 4. The first-order valence-electron chi connectivity index (χ1n) is 23.6. The van der Waals surface area contributed by atoms with Crippen LogP contribution in [-0.4, -0.2) is 37.1 Å². The Morgan fingerprint density at radius 2 is 0.802 bits per heavy atom. The van der Waals surface area contributed by atoms with E-state index in [1.807, 2.05) is 36.4 Å². The van der Waals surface area contributed by atoms with Crippen LogP contribution in [0.1, 0.15) is 55.8 Å². The molecule has 16 heteroatoms. The molecule has 0 saturated heterocycles. The summed E-state index contributed by atoms with van der Waals surface area (Å²) in [6.07, 6.45) is 9.64. The molecule has 2 N–H and O–H groups in total. The number of nitrogens with zero attached hydrogens (tertiary/aromatic N) is 4. The number of rotatable bonds is 3. The monoisotopic (exact) mass is 1390 g/mol. The molecule has 0 bridgehead atoms. The number of hydrogen-bond donors (Lipinski definition) is 2. The van der Waals surface area contributed by atoms with E-state index >= 15 is 0 Å². The van der Waals surface area contributed by atoms with Gasteiger partial charge in [0.05, 0.1) is 35.5 Å². The highest BCUT2D eigenvalue weighted by atomic mass is 127. The summed E-state index contributed by atoms with van der Waals surface area (Å²) in [5.74, 6) is 51.5. The Balaban J connectivity index is 0.000000165. The van der Waals surface area contributed by atoms with Crippen molar-refractivity contribution in [3.63, 3.8) is 0 Å². The zero-order valence-corrected chi connectivity index (χ0v) is 49.6. The molecule has 0 spiro atoms. The number of aromatic nitrogens is 4. The quantitative estimate of drug-likeness (QED) is 0.0602. The average Bonchev–Trinajstić information content (AvgIpc) is 4.40. The number of benzene rings is 4. The van der Waals surface area contributed by atoms with Gasteiger partial charge in [0.1, 0.15) is 32.1 Å². The Kier molecular flexibility index (Phi) is 24.7. The molecule has 4 aromatic carbocycles. The van der Waals surface area contributed by atoms with Crippen LogP contribution in [0.4, 0.5) is 17.6 Å². The molecule has 2 aliphatic carbocycles. The maximum atomic E-state index is 13.6. The fourth-order valence-corrected chi connectivity index (χ4v) is 8.22. The van der Waals surface area contributed by atoms with Crippen molar-refractivity contribution >= 4 is 138 Å². The summed E-state index contributed by atoms with van der Waals surface area (Å²) in [7, 11) is -1.79. The molecule has 0 aliphatic heterocycles. The Morgan fingerprint density at radius 1 is 0.469 bits per heavy atom. The van der Waals surface area contributed by atoms with Crippen molar-refractivity contribution in [1.82, 2.24) is 19.9 Å². The van der Waals surface area contributed by atoms with E-state index in [9.17, 15) is 17.6 Å². The fourth-order valence-electron chi connectivity index (χ4n) is 6.54. The van der Waals surface area contributed by atoms with E-state index < -0.39 is 12.9 Å². The summed E-state index contributed by atoms with van der Waals surface area (Å²) in [4.78, 5) is 17.1. The standard InChI is InChI=1S/C23H4.C12H11BFNO2.C12H9BrFN.C9H4BrClFN.C9H4BrFIN/c1-3-5-7-9-11-13-15-17-19-21-23-22-20-18-16-14-12-10-8-6-4-2;14-10-6-12-8(5-9(10)13(16)17)3-4-11(15-12)7-1-2-7;13-9-5-8-3-4-11(7-1-2-7)15-12(8)6-10(9)14;10-6-3-5-1-2-9(11)13-8(5)4-7(6)12;10-6-3-5-1-2-9(12)13-8(5)4-7(6)11/h1H,2H3;3-7,16-17H,1-2H2;3-7H,1-2H2;2*1-4H. The van der Waals surface area contributed by atoms with Gasteiger partial charge < -0.3 is 10.0 Å². The molecule has 10 rings (SSSR count). The molecule has 4 heterocycles. The molecule has 0 atom stereocenters. The van der Waals surface area contributed by atoms with Gasteiger partial charge in [-0.15, -0.1) is 6.42 Å². The van der Waals surface area contributed by atoms with Gasteiger partial charge in [0, 0.05) is 92.1 Å². The molecule has 8 aromatic rings. The number of halogens is 9. The van der Waals surface area contributed by atoms with Gasteiger partial charge in [-0.05, 0) is 252 Å². The van der Waals surface area contributed by atoms with Crippen LogP contribution in [-0.2, 0) is 0 Å². The van der Waals surface area contributed by atoms with Crippen molar-refractivity contribution in [1.29, 1.82) is 0 Å². The molecule has 0 radical (unpaired) electrons. The summed E-state index contributed by atoms with van der Waals surface area (Å²) in [6.45, 7) is 1.70. The predicted molar refractivity (Wildman–Crippen MR) is 334 cm³/mol. The van der Waals surface area contributed by atoms with Crippen LogP contribution >= 0.6 is 82.0 Å². The topological polar surface area (TPSA) is 92.0 Å². The van der Waals surface area contributed by atoms with Crippen LogP contribution in [0.25, 0.3) is 43.6 Å². The molecule has 2 fully saturated rings. The van der Waals surface area contributed by atoms with Crippen LogP contribution in [0.5, 0.6) is 0 Å². The minimum Gasteiger partial charge on any atom is -0.423 e. The van der Waals surface area contributed by atoms with Gasteiger partial charge >= 0.3 is 7.12 Å². The maximum absolute atomic E-state index is 13.6. The largest absolute Gasteiger partial charge is 0.491 e. The molecule has 4 aromatic heterocycles. The fraction of sp³-hybridized carbons (Fsp3) is 0.108. The van der Waals surface area contributed by atoms with Gasteiger partial charge in [-0.3, -0.25) is 9.97 Å². The van der Waals surface area contributed by atoms with Crippen molar-refractivity contribution in [2.75, 3.05) is 0 Å². The first-order valence-corrected chi connectivity index (χ1v) is 27.4. The zero-order valence-electron chi connectivity index (χ0n) is 42.0. The second-order valence-corrected chi connectivity index (χ2v) is 20.4. The Hall–Kier alpha value is -8.16. The number of fused-ring (bicyclic) bond motifs is 4. The third-order valence-corrected chi connectivity index (χ3v) is 13.2. The number of hydrogen-bond acceptors (Lipinski definition) is 6. The lowest BCUT2D eigenvalue weighted by molar-refractivity contribution is 0.423. The van der Waals surface area contributed by atoms with E-state index in [2.05, 4.69) is 215 Å². The van der Waals surface area contributed by atoms with Gasteiger partial charge in [0.15, 0.2) is 0 Å². The predicted octanol–water partition coefficient (Wildman–Crippen LogP) is 13.1. The van der Waals surface area contributed by atoms with Crippen molar-refractivity contribution in [2.24, 2.45) is 0 Å². The maximum Gasteiger partial charge on any atom is 0.491 e. The van der Waals surface area contributed by atoms with E-state index in [0.29, 0.717) is 47.0 Å². The van der Waals surface area contributed by atoms with Gasteiger partial charge in [-0.25, -0.2) is 27.5 Å². The molecule has 0 amide bonds. The highest BCUT2D eigenvalue weighted by Gasteiger charge is 2.26. The van der Waals surface area contributed by atoms with Crippen LogP contribution in [0.2, 0.25) is 5.15 Å². The van der Waals surface area contributed by atoms with Crippen LogP contribution in [0.15, 0.2) is 110 Å². The third-order valence-electron chi connectivity index (χ3n) is 10.6. The van der Waals surface area contributed by atoms with Gasteiger partial charge in [0.2, 0.25) is 0 Å². The van der Waals surface area contributed by atoms with Crippen molar-refractivity contribution in [3.8, 4) is 131 Å². The van der Waals surface area contributed by atoms with Gasteiger partial charge in [-0.2, -0.15) is 0 Å². The van der Waals surface area contributed by atoms with E-state index in [-0.39, 0.29) is 22.9 Å². The van der Waals surface area contributed by atoms with Crippen molar-refractivity contribution in [2.45, 2.75) is 44.4 Å². The molecular weight excluding hydrogens is 1360 g/mol. The molecule has 2 saturated carbocycles. The zero-order chi connectivity index (χ0) is 58.1. The number of terminal acetylenes is 1. The molecule has 81 heavy (non-hydrogen) atoms. The van der Waals surface area contributed by atoms with Crippen LogP contribution < -0.4 is 5.46 Å². The summed E-state index contributed by atoms with van der Waals surface area (Å²) < 4.78 is 55.3. The third kappa shape index (κ3) is 20.8. The second-order valence-electron chi connectivity index (χ2n) is 16.4. The first-order chi connectivity index (χ1) is 39.1. The summed E-state index contributed by atoms with van der Waals surface area (Å²) in [5.41, 5.74) is 4.55. The first kappa shape index (κ1) is 62.0. The van der Waals surface area contributed by atoms with E-state index in [1.54, 1.807) is 37.3 Å². The lowest BCUT2D eigenvalue weighted by Gasteiger charge is -2.05. The van der Waals surface area contributed by atoms with Crippen LogP contribution in [0.3, 0.4) is 0 Å². The van der Waals surface area contributed by atoms with Crippen molar-refractivity contribution < 1.29 is 27.6 Å². The SMILES string of the molecule is C#CC#CC#CC#CC#CC#CC#CC#CC#CC#CC#CC.Fc1cc2nc(C3CC3)ccc2cc1Br.Fc1cc2nc(Cl)ccc2cc1Br.Fc1cc2nc(I)ccc2cc1Br.OB(O)c1cc2ccc(C3CC3)nc2cc1F. The summed E-state index contributed by atoms with van der Waals surface area (Å²) in [6, 6.07) is 27.3. The lowest BCUT2D eigenvalue weighted by Crippen LogP contribution is -2.32. The lowest BCUT2D eigenvalue weighted by atomic mass is 9.79. The highest BCUT2D eigenvalue weighted by Crippen LogP contribution is 2.40. The molecule has 0 unspecified atom stereocenters. The van der Waals surface area contributed by atoms with Crippen molar-refractivity contribution in [3.05, 3.63) is 154 Å².